The Kier molecular flexibility index (Phi) is 3.58. The van der Waals surface area contributed by atoms with E-state index >= 15 is 0 Å². The van der Waals surface area contributed by atoms with Gasteiger partial charge >= 0.3 is 0 Å². The van der Waals surface area contributed by atoms with Crippen LogP contribution in [-0.2, 0) is 0 Å². The lowest BCUT2D eigenvalue weighted by molar-refractivity contribution is 0.798. The van der Waals surface area contributed by atoms with Crippen molar-refractivity contribution in [3.8, 4) is 0 Å². The van der Waals surface area contributed by atoms with Gasteiger partial charge in [-0.2, -0.15) is 11.3 Å². The van der Waals surface area contributed by atoms with Crippen LogP contribution in [0.2, 0.25) is 0 Å². The zero-order chi connectivity index (χ0) is 13.2. The Balaban J connectivity index is 2.15. The van der Waals surface area contributed by atoms with Crippen LogP contribution in [0.5, 0.6) is 0 Å². The SMILES string of the molecule is CN1CC(Cl)C/N=C(/c2ccsc2)c2ccccc21. The summed E-state index contributed by atoms with van der Waals surface area (Å²) in [5, 5.41) is 4.27. The Morgan fingerprint density at radius 3 is 2.95 bits per heavy atom. The summed E-state index contributed by atoms with van der Waals surface area (Å²) in [6, 6.07) is 10.5. The molecule has 0 bridgehead atoms. The number of anilines is 1. The van der Waals surface area contributed by atoms with Gasteiger partial charge in [-0.05, 0) is 17.5 Å². The Morgan fingerprint density at radius 2 is 2.16 bits per heavy atom. The highest BCUT2D eigenvalue weighted by molar-refractivity contribution is 7.08. The summed E-state index contributed by atoms with van der Waals surface area (Å²) in [5.41, 5.74) is 4.61. The summed E-state index contributed by atoms with van der Waals surface area (Å²) in [4.78, 5) is 6.96. The van der Waals surface area contributed by atoms with Crippen LogP contribution in [0.25, 0.3) is 0 Å². The van der Waals surface area contributed by atoms with Crippen LogP contribution in [0.3, 0.4) is 0 Å². The largest absolute Gasteiger partial charge is 0.372 e. The molecule has 0 saturated heterocycles. The van der Waals surface area contributed by atoms with Crippen LogP contribution in [0, 0.1) is 0 Å². The van der Waals surface area contributed by atoms with Crippen molar-refractivity contribution in [3.05, 3.63) is 52.2 Å². The molecule has 4 heteroatoms. The molecule has 0 radical (unpaired) electrons. The summed E-state index contributed by atoms with van der Waals surface area (Å²) >= 11 is 8.03. The fraction of sp³-hybridized carbons (Fsp3) is 0.267. The molecule has 1 unspecified atom stereocenters. The molecule has 2 nitrogen and oxygen atoms in total. The van der Waals surface area contributed by atoms with Gasteiger partial charge in [0.2, 0.25) is 0 Å². The van der Waals surface area contributed by atoms with Crippen molar-refractivity contribution in [3.63, 3.8) is 0 Å². The zero-order valence-electron chi connectivity index (χ0n) is 10.7. The van der Waals surface area contributed by atoms with Gasteiger partial charge in [0.05, 0.1) is 17.6 Å². The first-order valence-electron chi connectivity index (χ1n) is 6.27. The fourth-order valence-corrected chi connectivity index (χ4v) is 3.30. The molecule has 2 heterocycles. The quantitative estimate of drug-likeness (QED) is 0.732. The van der Waals surface area contributed by atoms with Gasteiger partial charge in [-0.15, -0.1) is 11.6 Å². The summed E-state index contributed by atoms with van der Waals surface area (Å²) < 4.78 is 0. The number of thiophene rings is 1. The fourth-order valence-electron chi connectivity index (χ4n) is 2.38. The minimum Gasteiger partial charge on any atom is -0.372 e. The molecule has 2 aromatic rings. The minimum absolute atomic E-state index is 0.0481. The average molecular weight is 291 g/mol. The maximum Gasteiger partial charge on any atom is 0.0748 e. The molecule has 1 aliphatic heterocycles. The van der Waals surface area contributed by atoms with Gasteiger partial charge < -0.3 is 4.90 Å². The molecular weight excluding hydrogens is 276 g/mol. The molecule has 0 aliphatic carbocycles. The second-order valence-corrected chi connectivity index (χ2v) is 6.09. The number of benzene rings is 1. The Hall–Kier alpha value is -1.32. The van der Waals surface area contributed by atoms with Crippen LogP contribution in [0.4, 0.5) is 5.69 Å². The van der Waals surface area contributed by atoms with Gasteiger partial charge in [0.1, 0.15) is 0 Å². The van der Waals surface area contributed by atoms with Crippen LogP contribution in [0.15, 0.2) is 46.1 Å². The number of alkyl halides is 1. The predicted octanol–water partition coefficient (Wildman–Crippen LogP) is 3.64. The topological polar surface area (TPSA) is 15.6 Å². The number of fused-ring (bicyclic) bond motifs is 1. The minimum atomic E-state index is 0.0481. The van der Waals surface area contributed by atoms with Crippen molar-refractivity contribution in [2.45, 2.75) is 5.38 Å². The molecule has 3 rings (SSSR count). The number of para-hydroxylation sites is 1. The average Bonchev–Trinajstić information content (AvgIpc) is 2.92. The molecule has 0 N–H and O–H groups in total. The molecule has 1 atom stereocenters. The summed E-state index contributed by atoms with van der Waals surface area (Å²) in [7, 11) is 2.09. The van der Waals surface area contributed by atoms with Crippen molar-refractivity contribution >= 4 is 34.3 Å². The normalized spacial score (nSPS) is 22.1. The van der Waals surface area contributed by atoms with Crippen molar-refractivity contribution < 1.29 is 0 Å². The lowest BCUT2D eigenvalue weighted by Gasteiger charge is -2.27. The Bertz CT molecular complexity index is 592. The first kappa shape index (κ1) is 12.7. The van der Waals surface area contributed by atoms with Crippen molar-refractivity contribution in [1.29, 1.82) is 0 Å². The zero-order valence-corrected chi connectivity index (χ0v) is 12.3. The summed E-state index contributed by atoms with van der Waals surface area (Å²) in [5.74, 6) is 0. The molecular formula is C15H15ClN2S. The number of nitrogens with zero attached hydrogens (tertiary/aromatic N) is 2. The van der Waals surface area contributed by atoms with E-state index < -0.39 is 0 Å². The van der Waals surface area contributed by atoms with Gasteiger partial charge in [-0.3, -0.25) is 4.99 Å². The van der Waals surface area contributed by atoms with E-state index in [4.69, 9.17) is 16.6 Å². The highest BCUT2D eigenvalue weighted by atomic mass is 35.5. The number of halogens is 1. The number of hydrogen-bond donors (Lipinski definition) is 0. The number of rotatable bonds is 1. The molecule has 98 valence electrons. The summed E-state index contributed by atoms with van der Waals surface area (Å²) in [6.45, 7) is 1.48. The first-order valence-corrected chi connectivity index (χ1v) is 7.65. The first-order chi connectivity index (χ1) is 9.25. The van der Waals surface area contributed by atoms with E-state index in [1.807, 2.05) is 0 Å². The third kappa shape index (κ3) is 2.53. The van der Waals surface area contributed by atoms with Gasteiger partial charge in [0.15, 0.2) is 0 Å². The third-order valence-corrected chi connectivity index (χ3v) is 4.24. The van der Waals surface area contributed by atoms with Crippen LogP contribution < -0.4 is 4.90 Å². The maximum absolute atomic E-state index is 6.34. The smallest absolute Gasteiger partial charge is 0.0748 e. The van der Waals surface area contributed by atoms with Crippen molar-refractivity contribution in [1.82, 2.24) is 0 Å². The monoisotopic (exact) mass is 290 g/mol. The lowest BCUT2D eigenvalue weighted by Crippen LogP contribution is -2.31. The Morgan fingerprint density at radius 1 is 1.32 bits per heavy atom. The molecule has 1 aromatic heterocycles. The molecule has 0 amide bonds. The van der Waals surface area contributed by atoms with Gasteiger partial charge in [-0.25, -0.2) is 0 Å². The predicted molar refractivity (Wildman–Crippen MR) is 84.2 cm³/mol. The lowest BCUT2D eigenvalue weighted by atomic mass is 10.0. The van der Waals surface area contributed by atoms with E-state index in [0.29, 0.717) is 6.54 Å². The molecule has 0 fully saturated rings. The van der Waals surface area contributed by atoms with E-state index in [1.165, 1.54) is 16.8 Å². The van der Waals surface area contributed by atoms with Crippen LogP contribution in [0.1, 0.15) is 11.1 Å². The van der Waals surface area contributed by atoms with E-state index in [1.54, 1.807) is 11.3 Å². The molecule has 0 spiro atoms. The van der Waals surface area contributed by atoms with Gasteiger partial charge in [0.25, 0.3) is 0 Å². The maximum atomic E-state index is 6.34. The van der Waals surface area contributed by atoms with Gasteiger partial charge in [-0.1, -0.05) is 18.2 Å². The second-order valence-electron chi connectivity index (χ2n) is 4.70. The van der Waals surface area contributed by atoms with E-state index in [0.717, 1.165) is 12.3 Å². The van der Waals surface area contributed by atoms with E-state index in [9.17, 15) is 0 Å². The van der Waals surface area contributed by atoms with E-state index in [-0.39, 0.29) is 5.38 Å². The van der Waals surface area contributed by atoms with Crippen molar-refractivity contribution in [2.24, 2.45) is 4.99 Å². The standard InChI is InChI=1S/C15H15ClN2S/c1-18-9-12(16)8-17-15(11-6-7-19-10-11)13-4-2-3-5-14(13)18/h2-7,10,12H,8-9H2,1H3/b17-15-. The molecule has 19 heavy (non-hydrogen) atoms. The molecule has 1 aromatic carbocycles. The molecule has 0 saturated carbocycles. The second kappa shape index (κ2) is 5.35. The third-order valence-electron chi connectivity index (χ3n) is 3.28. The highest BCUT2D eigenvalue weighted by Crippen LogP contribution is 2.26. The summed E-state index contributed by atoms with van der Waals surface area (Å²) in [6.07, 6.45) is 0. The van der Waals surface area contributed by atoms with Crippen molar-refractivity contribution in [2.75, 3.05) is 25.0 Å². The molecule has 1 aliphatic rings. The highest BCUT2D eigenvalue weighted by Gasteiger charge is 2.19. The van der Waals surface area contributed by atoms with Crippen LogP contribution in [-0.4, -0.2) is 31.2 Å². The van der Waals surface area contributed by atoms with Gasteiger partial charge in [0, 0.05) is 35.8 Å². The Labute approximate surface area is 122 Å². The number of aliphatic imine (C=N–C) groups is 1. The van der Waals surface area contributed by atoms with Crippen LogP contribution >= 0.6 is 22.9 Å². The van der Waals surface area contributed by atoms with E-state index in [2.05, 4.69) is 53.0 Å². The number of hydrogen-bond acceptors (Lipinski definition) is 3.